The predicted molar refractivity (Wildman–Crippen MR) is 60.3 cm³/mol. The van der Waals surface area contributed by atoms with Gasteiger partial charge in [0.2, 0.25) is 9.05 Å². The summed E-state index contributed by atoms with van der Waals surface area (Å²) in [7, 11) is 1.73. The van der Waals surface area contributed by atoms with Crippen molar-refractivity contribution in [3.05, 3.63) is 35.2 Å². The summed E-state index contributed by atoms with van der Waals surface area (Å²) in [5.41, 5.74) is 0. The number of thiophene rings is 1. The molecule has 0 radical (unpaired) electrons. The van der Waals surface area contributed by atoms with Crippen molar-refractivity contribution in [3.63, 3.8) is 0 Å². The second kappa shape index (κ2) is 3.53. The summed E-state index contributed by atoms with van der Waals surface area (Å²) >= 11 is 1.46. The lowest BCUT2D eigenvalue weighted by Crippen LogP contribution is -1.91. The van der Waals surface area contributed by atoms with Crippen LogP contribution in [0.2, 0.25) is 0 Å². The third-order valence-corrected chi connectivity index (χ3v) is 4.07. The first kappa shape index (κ1) is 9.96. The van der Waals surface area contributed by atoms with Gasteiger partial charge in [0.15, 0.2) is 0 Å². The lowest BCUT2D eigenvalue weighted by Gasteiger charge is -1.88. The van der Waals surface area contributed by atoms with Crippen molar-refractivity contribution in [2.75, 3.05) is 0 Å². The van der Waals surface area contributed by atoms with Crippen molar-refractivity contribution in [3.8, 4) is 0 Å². The van der Waals surface area contributed by atoms with E-state index in [9.17, 15) is 8.42 Å². The van der Waals surface area contributed by atoms with Gasteiger partial charge in [-0.3, -0.25) is 0 Å². The van der Waals surface area contributed by atoms with Gasteiger partial charge in [-0.05, 0) is 17.5 Å². The molecule has 0 unspecified atom stereocenters. The monoisotopic (exact) mass is 246 g/mol. The minimum atomic E-state index is -3.44. The number of halogens is 1. The zero-order valence-corrected chi connectivity index (χ0v) is 9.49. The SMILES string of the molecule is O=S(=O)(Cl)Cc1cc2ccccc2s1. The predicted octanol–water partition coefficient (Wildman–Crippen LogP) is 2.97. The van der Waals surface area contributed by atoms with Gasteiger partial charge in [-0.1, -0.05) is 18.2 Å². The van der Waals surface area contributed by atoms with Crippen molar-refractivity contribution in [1.82, 2.24) is 0 Å². The van der Waals surface area contributed by atoms with Crippen LogP contribution in [-0.2, 0) is 14.8 Å². The Hall–Kier alpha value is -0.580. The molecule has 1 aromatic carbocycles. The Labute approximate surface area is 90.6 Å². The van der Waals surface area contributed by atoms with E-state index in [4.69, 9.17) is 10.7 Å². The molecule has 2 aromatic rings. The van der Waals surface area contributed by atoms with Crippen LogP contribution in [0.25, 0.3) is 10.1 Å². The van der Waals surface area contributed by atoms with E-state index in [-0.39, 0.29) is 5.75 Å². The van der Waals surface area contributed by atoms with Crippen LogP contribution < -0.4 is 0 Å². The van der Waals surface area contributed by atoms with E-state index in [1.807, 2.05) is 30.3 Å². The molecular weight excluding hydrogens is 240 g/mol. The third-order valence-electron chi connectivity index (χ3n) is 1.79. The van der Waals surface area contributed by atoms with Crippen LogP contribution >= 0.6 is 22.0 Å². The largest absolute Gasteiger partial charge is 0.237 e. The Kier molecular flexibility index (Phi) is 2.51. The average Bonchev–Trinajstić information content (AvgIpc) is 2.42. The summed E-state index contributed by atoms with van der Waals surface area (Å²) < 4.78 is 22.8. The molecule has 0 atom stereocenters. The van der Waals surface area contributed by atoms with E-state index in [0.29, 0.717) is 0 Å². The molecule has 0 amide bonds. The molecule has 0 aliphatic rings. The Bertz CT molecular complexity index is 524. The molecule has 5 heteroatoms. The minimum Gasteiger partial charge on any atom is -0.212 e. The number of fused-ring (bicyclic) bond motifs is 1. The molecule has 0 saturated carbocycles. The van der Waals surface area contributed by atoms with Gasteiger partial charge in [0.05, 0.1) is 5.75 Å². The Balaban J connectivity index is 2.46. The normalized spacial score (nSPS) is 12.1. The number of rotatable bonds is 2. The molecule has 1 heterocycles. The molecule has 0 saturated heterocycles. The highest BCUT2D eigenvalue weighted by Gasteiger charge is 2.09. The van der Waals surface area contributed by atoms with E-state index in [0.717, 1.165) is 15.0 Å². The molecule has 2 rings (SSSR count). The van der Waals surface area contributed by atoms with Crippen molar-refractivity contribution >= 4 is 41.2 Å². The summed E-state index contributed by atoms with van der Waals surface area (Å²) in [5, 5.41) is 1.06. The van der Waals surface area contributed by atoms with Gasteiger partial charge in [0, 0.05) is 20.3 Å². The van der Waals surface area contributed by atoms with Gasteiger partial charge in [0.1, 0.15) is 0 Å². The van der Waals surface area contributed by atoms with Crippen molar-refractivity contribution < 1.29 is 8.42 Å². The van der Waals surface area contributed by atoms with Crippen LogP contribution in [0.3, 0.4) is 0 Å². The zero-order valence-electron chi connectivity index (χ0n) is 7.10. The summed E-state index contributed by atoms with van der Waals surface area (Å²) in [4.78, 5) is 0.779. The molecular formula is C9H7ClO2S2. The first-order chi connectivity index (χ1) is 6.54. The molecule has 0 fully saturated rings. The lowest BCUT2D eigenvalue weighted by molar-refractivity contribution is 0.609. The maximum Gasteiger partial charge on any atom is 0.237 e. The lowest BCUT2D eigenvalue weighted by atomic mass is 10.2. The van der Waals surface area contributed by atoms with E-state index in [1.165, 1.54) is 11.3 Å². The molecule has 14 heavy (non-hydrogen) atoms. The van der Waals surface area contributed by atoms with Gasteiger partial charge < -0.3 is 0 Å². The highest BCUT2D eigenvalue weighted by molar-refractivity contribution is 8.13. The Morgan fingerprint density at radius 2 is 2.00 bits per heavy atom. The van der Waals surface area contributed by atoms with Crippen LogP contribution in [-0.4, -0.2) is 8.42 Å². The minimum absolute atomic E-state index is 0.0894. The first-order valence-electron chi connectivity index (χ1n) is 3.94. The fourth-order valence-corrected chi connectivity index (χ4v) is 3.81. The smallest absolute Gasteiger partial charge is 0.212 e. The highest BCUT2D eigenvalue weighted by Crippen LogP contribution is 2.27. The summed E-state index contributed by atoms with van der Waals surface area (Å²) in [6.45, 7) is 0. The van der Waals surface area contributed by atoms with Crippen molar-refractivity contribution in [1.29, 1.82) is 0 Å². The van der Waals surface area contributed by atoms with Gasteiger partial charge in [-0.15, -0.1) is 11.3 Å². The third kappa shape index (κ3) is 2.26. The summed E-state index contributed by atoms with van der Waals surface area (Å²) in [6.07, 6.45) is 0. The van der Waals surface area contributed by atoms with Crippen LogP contribution in [0.1, 0.15) is 4.88 Å². The molecule has 2 nitrogen and oxygen atoms in total. The molecule has 0 bridgehead atoms. The van der Waals surface area contributed by atoms with Gasteiger partial charge in [0.25, 0.3) is 0 Å². The number of hydrogen-bond donors (Lipinski definition) is 0. The van der Waals surface area contributed by atoms with Crippen LogP contribution in [0.15, 0.2) is 30.3 Å². The van der Waals surface area contributed by atoms with Gasteiger partial charge >= 0.3 is 0 Å². The maximum atomic E-state index is 10.8. The van der Waals surface area contributed by atoms with Crippen molar-refractivity contribution in [2.45, 2.75) is 5.75 Å². The van der Waals surface area contributed by atoms with E-state index < -0.39 is 9.05 Å². The van der Waals surface area contributed by atoms with Gasteiger partial charge in [-0.25, -0.2) is 8.42 Å². The standard InChI is InChI=1S/C9H7ClO2S2/c10-14(11,12)6-8-5-7-3-1-2-4-9(7)13-8/h1-5H,6H2. The van der Waals surface area contributed by atoms with E-state index >= 15 is 0 Å². The average molecular weight is 247 g/mol. The van der Waals surface area contributed by atoms with Crippen LogP contribution in [0, 0.1) is 0 Å². The molecule has 0 aliphatic carbocycles. The van der Waals surface area contributed by atoms with Crippen LogP contribution in [0.4, 0.5) is 0 Å². The zero-order chi connectivity index (χ0) is 10.2. The van der Waals surface area contributed by atoms with Gasteiger partial charge in [-0.2, -0.15) is 0 Å². The maximum absolute atomic E-state index is 10.8. The second-order valence-corrected chi connectivity index (χ2v) is 6.88. The van der Waals surface area contributed by atoms with E-state index in [1.54, 1.807) is 0 Å². The topological polar surface area (TPSA) is 34.1 Å². The molecule has 0 spiro atoms. The van der Waals surface area contributed by atoms with E-state index in [2.05, 4.69) is 0 Å². The second-order valence-electron chi connectivity index (χ2n) is 2.93. The highest BCUT2D eigenvalue weighted by atomic mass is 35.7. The number of hydrogen-bond acceptors (Lipinski definition) is 3. The molecule has 0 N–H and O–H groups in total. The summed E-state index contributed by atoms with van der Waals surface area (Å²) in [6, 6.07) is 9.63. The quantitative estimate of drug-likeness (QED) is 0.764. The molecule has 74 valence electrons. The fraction of sp³-hybridized carbons (Fsp3) is 0.111. The molecule has 0 aliphatic heterocycles. The first-order valence-corrected chi connectivity index (χ1v) is 7.24. The molecule has 1 aromatic heterocycles. The number of benzene rings is 1. The fourth-order valence-electron chi connectivity index (χ4n) is 1.28. The Morgan fingerprint density at radius 1 is 1.29 bits per heavy atom. The van der Waals surface area contributed by atoms with Crippen LogP contribution in [0.5, 0.6) is 0 Å². The summed E-state index contributed by atoms with van der Waals surface area (Å²) in [5.74, 6) is -0.0894. The Morgan fingerprint density at radius 3 is 2.64 bits per heavy atom. The van der Waals surface area contributed by atoms with Crippen molar-refractivity contribution in [2.24, 2.45) is 0 Å².